The topological polar surface area (TPSA) is 70.1 Å². The van der Waals surface area contributed by atoms with Crippen LogP contribution >= 0.6 is 0 Å². The Kier molecular flexibility index (Phi) is 3.75. The molecule has 98 valence electrons. The third-order valence-electron chi connectivity index (χ3n) is 2.67. The molecule has 0 spiro atoms. The number of hydrazone groups is 1. The van der Waals surface area contributed by atoms with E-state index in [2.05, 4.69) is 20.5 Å². The summed E-state index contributed by atoms with van der Waals surface area (Å²) in [6, 6.07) is 9.49. The van der Waals surface area contributed by atoms with Gasteiger partial charge in [-0.15, -0.1) is 0 Å². The number of hydrogen-bond donors (Lipinski definition) is 2. The monoisotopic (exact) mass is 256 g/mol. The van der Waals surface area contributed by atoms with Gasteiger partial charge in [-0.25, -0.2) is 10.4 Å². The molecule has 5 nitrogen and oxygen atoms in total. The molecule has 0 radical (unpaired) electrons. The summed E-state index contributed by atoms with van der Waals surface area (Å²) in [7, 11) is 0. The molecule has 0 aliphatic carbocycles. The first kappa shape index (κ1) is 13.0. The highest BCUT2D eigenvalue weighted by atomic mass is 16.1. The van der Waals surface area contributed by atoms with Crippen molar-refractivity contribution in [3.05, 3.63) is 57.5 Å². The summed E-state index contributed by atoms with van der Waals surface area (Å²) in [6.07, 6.45) is 0. The van der Waals surface area contributed by atoms with E-state index in [1.807, 2.05) is 38.1 Å². The molecular weight excluding hydrogens is 240 g/mol. The molecule has 0 saturated carbocycles. The molecule has 1 aromatic carbocycles. The summed E-state index contributed by atoms with van der Waals surface area (Å²) in [5.74, 6) is 0.344. The minimum atomic E-state index is -0.196. The van der Waals surface area contributed by atoms with Crippen molar-refractivity contribution in [3.63, 3.8) is 0 Å². The van der Waals surface area contributed by atoms with E-state index in [0.29, 0.717) is 11.6 Å². The summed E-state index contributed by atoms with van der Waals surface area (Å²) >= 11 is 0. The average molecular weight is 256 g/mol. The lowest BCUT2D eigenvalue weighted by Gasteiger charge is -2.03. The van der Waals surface area contributed by atoms with E-state index in [0.717, 1.165) is 11.3 Å². The summed E-state index contributed by atoms with van der Waals surface area (Å²) in [5, 5.41) is 4.21. The smallest absolute Gasteiger partial charge is 0.252 e. The van der Waals surface area contributed by atoms with Crippen molar-refractivity contribution in [3.8, 4) is 0 Å². The first-order chi connectivity index (χ1) is 9.04. The lowest BCUT2D eigenvalue weighted by atomic mass is 10.1. The van der Waals surface area contributed by atoms with Gasteiger partial charge in [-0.05, 0) is 26.3 Å². The molecule has 5 heteroatoms. The van der Waals surface area contributed by atoms with Crippen LogP contribution in [0.3, 0.4) is 0 Å². The van der Waals surface area contributed by atoms with Gasteiger partial charge < -0.3 is 0 Å². The lowest BCUT2D eigenvalue weighted by Crippen LogP contribution is -2.11. The highest BCUT2D eigenvalue weighted by Gasteiger charge is 1.99. The molecule has 0 fully saturated rings. The van der Waals surface area contributed by atoms with E-state index in [-0.39, 0.29) is 5.56 Å². The van der Waals surface area contributed by atoms with E-state index in [9.17, 15) is 4.79 Å². The number of benzene rings is 1. The van der Waals surface area contributed by atoms with Crippen LogP contribution in [0.1, 0.15) is 23.7 Å². The molecule has 0 aliphatic rings. The third-order valence-corrected chi connectivity index (χ3v) is 2.67. The second kappa shape index (κ2) is 5.48. The van der Waals surface area contributed by atoms with Gasteiger partial charge in [0, 0.05) is 11.8 Å². The molecule has 0 aliphatic heterocycles. The molecule has 0 amide bonds. The van der Waals surface area contributed by atoms with Crippen LogP contribution in [0.5, 0.6) is 0 Å². The van der Waals surface area contributed by atoms with Crippen molar-refractivity contribution in [2.45, 2.75) is 20.8 Å². The number of aromatic amines is 1. The van der Waals surface area contributed by atoms with Crippen LogP contribution in [0.4, 0.5) is 5.95 Å². The highest BCUT2D eigenvalue weighted by molar-refractivity contribution is 5.99. The maximum atomic E-state index is 11.3. The zero-order chi connectivity index (χ0) is 13.8. The van der Waals surface area contributed by atoms with Gasteiger partial charge in [0.05, 0.1) is 5.71 Å². The summed E-state index contributed by atoms with van der Waals surface area (Å²) < 4.78 is 0. The van der Waals surface area contributed by atoms with Crippen LogP contribution in [-0.2, 0) is 0 Å². The Labute approximate surface area is 111 Å². The molecular formula is C14H16N4O. The zero-order valence-electron chi connectivity index (χ0n) is 11.2. The van der Waals surface area contributed by atoms with E-state index >= 15 is 0 Å². The molecule has 0 unspecified atom stereocenters. The summed E-state index contributed by atoms with van der Waals surface area (Å²) in [5.41, 5.74) is 6.26. The van der Waals surface area contributed by atoms with Crippen molar-refractivity contribution in [2.75, 3.05) is 5.43 Å². The van der Waals surface area contributed by atoms with Gasteiger partial charge in [-0.2, -0.15) is 5.10 Å². The minimum Gasteiger partial charge on any atom is -0.291 e. The molecule has 2 aromatic rings. The Morgan fingerprint density at radius 2 is 1.95 bits per heavy atom. The maximum Gasteiger partial charge on any atom is 0.252 e. The highest BCUT2D eigenvalue weighted by Crippen LogP contribution is 2.05. The molecule has 0 bridgehead atoms. The first-order valence-electron chi connectivity index (χ1n) is 6.00. The van der Waals surface area contributed by atoms with E-state index in [1.54, 1.807) is 6.92 Å². The number of H-pyrrole nitrogens is 1. The van der Waals surface area contributed by atoms with Crippen molar-refractivity contribution in [2.24, 2.45) is 5.10 Å². The fraction of sp³-hybridized carbons (Fsp3) is 0.214. The van der Waals surface area contributed by atoms with E-state index in [4.69, 9.17) is 0 Å². The van der Waals surface area contributed by atoms with Crippen LogP contribution in [0.25, 0.3) is 0 Å². The maximum absolute atomic E-state index is 11.3. The van der Waals surface area contributed by atoms with Crippen LogP contribution in [0.2, 0.25) is 0 Å². The molecule has 0 saturated heterocycles. The fourth-order valence-electron chi connectivity index (χ4n) is 1.63. The minimum absolute atomic E-state index is 0.196. The Morgan fingerprint density at radius 1 is 1.26 bits per heavy atom. The van der Waals surface area contributed by atoms with Crippen molar-refractivity contribution in [1.82, 2.24) is 9.97 Å². The fourth-order valence-corrected chi connectivity index (χ4v) is 1.63. The first-order valence-corrected chi connectivity index (χ1v) is 6.00. The van der Waals surface area contributed by atoms with Crippen LogP contribution in [0.15, 0.2) is 40.2 Å². The SMILES string of the molecule is C/C(=N/Nc1nc(C)cc(=O)[nH]1)c1ccc(C)cc1. The number of hydrogen-bond acceptors (Lipinski definition) is 4. The normalized spacial score (nSPS) is 11.4. The summed E-state index contributed by atoms with van der Waals surface area (Å²) in [6.45, 7) is 5.69. The van der Waals surface area contributed by atoms with Crippen LogP contribution < -0.4 is 11.0 Å². The molecule has 19 heavy (non-hydrogen) atoms. The second-order valence-electron chi connectivity index (χ2n) is 4.41. The van der Waals surface area contributed by atoms with Crippen molar-refractivity contribution >= 4 is 11.7 Å². The molecule has 2 rings (SSSR count). The Hall–Kier alpha value is -2.43. The zero-order valence-corrected chi connectivity index (χ0v) is 11.2. The van der Waals surface area contributed by atoms with Crippen LogP contribution in [0, 0.1) is 13.8 Å². The molecule has 0 atom stereocenters. The Bertz CT molecular complexity index is 656. The predicted molar refractivity (Wildman–Crippen MR) is 76.6 cm³/mol. The molecule has 1 heterocycles. The van der Waals surface area contributed by atoms with Gasteiger partial charge in [-0.1, -0.05) is 29.8 Å². The largest absolute Gasteiger partial charge is 0.291 e. The molecule has 2 N–H and O–H groups in total. The number of anilines is 1. The van der Waals surface area contributed by atoms with Gasteiger partial charge in [0.25, 0.3) is 5.56 Å². The number of nitrogens with one attached hydrogen (secondary N) is 2. The van der Waals surface area contributed by atoms with E-state index in [1.165, 1.54) is 11.6 Å². The van der Waals surface area contributed by atoms with Gasteiger partial charge in [0.15, 0.2) is 0 Å². The number of aromatic nitrogens is 2. The predicted octanol–water partition coefficient (Wildman–Crippen LogP) is 2.22. The van der Waals surface area contributed by atoms with Crippen molar-refractivity contribution < 1.29 is 0 Å². The quantitative estimate of drug-likeness (QED) is 0.653. The number of aryl methyl sites for hydroxylation is 2. The van der Waals surface area contributed by atoms with Gasteiger partial charge in [-0.3, -0.25) is 9.78 Å². The number of rotatable bonds is 3. The second-order valence-corrected chi connectivity index (χ2v) is 4.41. The Balaban J connectivity index is 2.17. The molecule has 1 aromatic heterocycles. The number of nitrogens with zero attached hydrogens (tertiary/aromatic N) is 2. The lowest BCUT2D eigenvalue weighted by molar-refractivity contribution is 1.04. The third kappa shape index (κ3) is 3.51. The van der Waals surface area contributed by atoms with E-state index < -0.39 is 0 Å². The Morgan fingerprint density at radius 3 is 2.58 bits per heavy atom. The van der Waals surface area contributed by atoms with Crippen LogP contribution in [-0.4, -0.2) is 15.7 Å². The van der Waals surface area contributed by atoms with Gasteiger partial charge in [0.1, 0.15) is 0 Å². The summed E-state index contributed by atoms with van der Waals surface area (Å²) in [4.78, 5) is 18.0. The average Bonchev–Trinajstić information content (AvgIpc) is 2.36. The van der Waals surface area contributed by atoms with Gasteiger partial charge in [0.2, 0.25) is 5.95 Å². The standard InChI is InChI=1S/C14H16N4O/c1-9-4-6-12(7-5-9)11(3)17-18-14-15-10(2)8-13(19)16-14/h4-8H,1-3H3,(H2,15,16,18,19)/b17-11-. The van der Waals surface area contributed by atoms with Crippen molar-refractivity contribution in [1.29, 1.82) is 0 Å². The van der Waals surface area contributed by atoms with Gasteiger partial charge >= 0.3 is 0 Å².